The van der Waals surface area contributed by atoms with Crippen LogP contribution in [0.2, 0.25) is 0 Å². The summed E-state index contributed by atoms with van der Waals surface area (Å²) in [6.45, 7) is 4.46. The van der Waals surface area contributed by atoms with E-state index in [2.05, 4.69) is 31.2 Å². The highest BCUT2D eigenvalue weighted by Gasteiger charge is 2.27. The molecule has 1 aromatic rings. The Labute approximate surface area is 165 Å². The zero-order chi connectivity index (χ0) is 19.2. The number of epoxide rings is 1. The molecule has 1 fully saturated rings. The molecule has 1 unspecified atom stereocenters. The zero-order valence-electron chi connectivity index (χ0n) is 17.1. The van der Waals surface area contributed by atoms with Crippen LogP contribution in [-0.2, 0) is 9.53 Å². The van der Waals surface area contributed by atoms with Crippen LogP contribution in [0.15, 0.2) is 36.4 Å². The largest absolute Gasteiger partial charge is 0.371 e. The van der Waals surface area contributed by atoms with E-state index < -0.39 is 0 Å². The first-order valence-corrected chi connectivity index (χ1v) is 10.9. The number of hydrogen-bond donors (Lipinski definition) is 0. The summed E-state index contributed by atoms with van der Waals surface area (Å²) in [6, 6.07) is 10.2. The molecule has 1 aliphatic rings. The second-order valence-electron chi connectivity index (χ2n) is 7.65. The lowest BCUT2D eigenvalue weighted by Gasteiger charge is -2.20. The smallest absolute Gasteiger partial charge is 0.222 e. The Morgan fingerprint density at radius 2 is 1.67 bits per heavy atom. The molecule has 0 bridgehead atoms. The lowest BCUT2D eigenvalue weighted by Crippen LogP contribution is -2.34. The summed E-state index contributed by atoms with van der Waals surface area (Å²) in [5.74, 6) is 0.270. The second-order valence-corrected chi connectivity index (χ2v) is 7.65. The number of hydrogen-bond acceptors (Lipinski definition) is 2. The molecule has 0 saturated carbocycles. The first kappa shape index (κ1) is 21.7. The molecule has 3 heteroatoms. The van der Waals surface area contributed by atoms with Crippen molar-refractivity contribution in [3.05, 3.63) is 42.0 Å². The quantitative estimate of drug-likeness (QED) is 0.286. The Kier molecular flexibility index (Phi) is 10.9. The van der Waals surface area contributed by atoms with E-state index in [9.17, 15) is 4.79 Å². The van der Waals surface area contributed by atoms with Crippen LogP contribution in [0.5, 0.6) is 0 Å². The standard InChI is InChI=1S/C24H37NO2/c1-2-3-4-5-6-7-8-9-13-18-24(26)25(20-23-21-27-23)19-14-17-22-15-11-10-12-16-22/h10-12,14-17,23H,2-9,13,18-21H2,1H3/b17-14+. The first-order chi connectivity index (χ1) is 13.3. The van der Waals surface area contributed by atoms with Gasteiger partial charge >= 0.3 is 0 Å². The van der Waals surface area contributed by atoms with Gasteiger partial charge in [-0.3, -0.25) is 4.79 Å². The molecule has 0 aromatic heterocycles. The van der Waals surface area contributed by atoms with Gasteiger partial charge in [0.2, 0.25) is 5.91 Å². The highest BCUT2D eigenvalue weighted by molar-refractivity contribution is 5.76. The van der Waals surface area contributed by atoms with Crippen molar-refractivity contribution in [2.24, 2.45) is 0 Å². The summed E-state index contributed by atoms with van der Waals surface area (Å²) >= 11 is 0. The van der Waals surface area contributed by atoms with Gasteiger partial charge < -0.3 is 9.64 Å². The molecular formula is C24H37NO2. The normalized spacial score (nSPS) is 16.0. The van der Waals surface area contributed by atoms with Crippen LogP contribution in [0.1, 0.15) is 76.7 Å². The van der Waals surface area contributed by atoms with E-state index in [0.717, 1.165) is 19.6 Å². The Balaban J connectivity index is 1.61. The average molecular weight is 372 g/mol. The minimum absolute atomic E-state index is 0.252. The molecule has 150 valence electrons. The van der Waals surface area contributed by atoms with Crippen LogP contribution >= 0.6 is 0 Å². The van der Waals surface area contributed by atoms with E-state index in [-0.39, 0.29) is 12.0 Å². The number of carbonyl (C=O) groups excluding carboxylic acids is 1. The van der Waals surface area contributed by atoms with E-state index in [4.69, 9.17) is 4.74 Å². The lowest BCUT2D eigenvalue weighted by molar-refractivity contribution is -0.131. The van der Waals surface area contributed by atoms with Crippen molar-refractivity contribution in [1.29, 1.82) is 0 Å². The van der Waals surface area contributed by atoms with Gasteiger partial charge in [0.1, 0.15) is 0 Å². The van der Waals surface area contributed by atoms with Gasteiger partial charge in [-0.2, -0.15) is 0 Å². The maximum atomic E-state index is 12.6. The number of carbonyl (C=O) groups is 1. The predicted molar refractivity (Wildman–Crippen MR) is 114 cm³/mol. The average Bonchev–Trinajstić information content (AvgIpc) is 3.51. The summed E-state index contributed by atoms with van der Waals surface area (Å²) < 4.78 is 5.33. The van der Waals surface area contributed by atoms with Crippen LogP contribution in [0.4, 0.5) is 0 Å². The summed E-state index contributed by atoms with van der Waals surface area (Å²) in [6.07, 6.45) is 16.6. The maximum Gasteiger partial charge on any atom is 0.222 e. The monoisotopic (exact) mass is 371 g/mol. The van der Waals surface area contributed by atoms with Crippen molar-refractivity contribution in [3.8, 4) is 0 Å². The fourth-order valence-electron chi connectivity index (χ4n) is 3.32. The molecule has 0 radical (unpaired) electrons. The third-order valence-corrected chi connectivity index (χ3v) is 5.11. The number of ether oxygens (including phenoxy) is 1. The third-order valence-electron chi connectivity index (χ3n) is 5.11. The molecule has 27 heavy (non-hydrogen) atoms. The SMILES string of the molecule is CCCCCCCCCCCC(=O)N(C/C=C/c1ccccc1)CC1CO1. The predicted octanol–water partition coefficient (Wildman–Crippen LogP) is 5.85. The molecule has 1 atom stereocenters. The number of unbranched alkanes of at least 4 members (excludes halogenated alkanes) is 8. The number of nitrogens with zero attached hydrogens (tertiary/aromatic N) is 1. The van der Waals surface area contributed by atoms with Crippen molar-refractivity contribution in [2.45, 2.75) is 77.2 Å². The van der Waals surface area contributed by atoms with E-state index in [1.807, 2.05) is 23.1 Å². The topological polar surface area (TPSA) is 32.8 Å². The first-order valence-electron chi connectivity index (χ1n) is 10.9. The minimum Gasteiger partial charge on any atom is -0.371 e. The summed E-state index contributed by atoms with van der Waals surface area (Å²) in [5, 5.41) is 0. The van der Waals surface area contributed by atoms with Gasteiger partial charge in [0, 0.05) is 19.5 Å². The Bertz CT molecular complexity index is 537. The molecule has 1 saturated heterocycles. The molecule has 1 heterocycles. The zero-order valence-corrected chi connectivity index (χ0v) is 17.1. The Morgan fingerprint density at radius 1 is 1.04 bits per heavy atom. The van der Waals surface area contributed by atoms with Crippen molar-refractivity contribution in [1.82, 2.24) is 4.90 Å². The van der Waals surface area contributed by atoms with Crippen molar-refractivity contribution in [2.75, 3.05) is 19.7 Å². The van der Waals surface area contributed by atoms with Gasteiger partial charge in [0.25, 0.3) is 0 Å². The fraction of sp³-hybridized carbons (Fsp3) is 0.625. The van der Waals surface area contributed by atoms with Crippen LogP contribution in [0.25, 0.3) is 6.08 Å². The van der Waals surface area contributed by atoms with Crippen LogP contribution in [-0.4, -0.2) is 36.6 Å². The van der Waals surface area contributed by atoms with Crippen molar-refractivity contribution < 1.29 is 9.53 Å². The van der Waals surface area contributed by atoms with E-state index >= 15 is 0 Å². The van der Waals surface area contributed by atoms with Crippen LogP contribution < -0.4 is 0 Å². The van der Waals surface area contributed by atoms with Gasteiger partial charge in [-0.15, -0.1) is 0 Å². The summed E-state index contributed by atoms with van der Waals surface area (Å²) in [4.78, 5) is 14.6. The van der Waals surface area contributed by atoms with Gasteiger partial charge in [-0.05, 0) is 12.0 Å². The second kappa shape index (κ2) is 13.5. The molecule has 1 amide bonds. The maximum absolute atomic E-state index is 12.6. The third kappa shape index (κ3) is 10.3. The highest BCUT2D eigenvalue weighted by atomic mass is 16.6. The molecule has 1 aromatic carbocycles. The van der Waals surface area contributed by atoms with Gasteiger partial charge in [-0.25, -0.2) is 0 Å². The number of rotatable bonds is 15. The summed E-state index contributed by atoms with van der Waals surface area (Å²) in [7, 11) is 0. The highest BCUT2D eigenvalue weighted by Crippen LogP contribution is 2.14. The molecule has 3 nitrogen and oxygen atoms in total. The molecule has 0 aliphatic carbocycles. The lowest BCUT2D eigenvalue weighted by atomic mass is 10.1. The Morgan fingerprint density at radius 3 is 2.30 bits per heavy atom. The number of amides is 1. The van der Waals surface area contributed by atoms with E-state index in [1.54, 1.807) is 0 Å². The minimum atomic E-state index is 0.252. The van der Waals surface area contributed by atoms with Gasteiger partial charge in [0.15, 0.2) is 0 Å². The summed E-state index contributed by atoms with van der Waals surface area (Å²) in [5.41, 5.74) is 1.17. The van der Waals surface area contributed by atoms with Crippen molar-refractivity contribution in [3.63, 3.8) is 0 Å². The van der Waals surface area contributed by atoms with Crippen molar-refractivity contribution >= 4 is 12.0 Å². The molecule has 0 N–H and O–H groups in total. The number of benzene rings is 1. The molecule has 0 spiro atoms. The molecule has 2 rings (SSSR count). The Hall–Kier alpha value is -1.61. The van der Waals surface area contributed by atoms with Gasteiger partial charge in [0.05, 0.1) is 12.7 Å². The van der Waals surface area contributed by atoms with Gasteiger partial charge in [-0.1, -0.05) is 101 Å². The molecule has 1 aliphatic heterocycles. The molecular weight excluding hydrogens is 334 g/mol. The fourth-order valence-corrected chi connectivity index (χ4v) is 3.32. The van der Waals surface area contributed by atoms with E-state index in [1.165, 1.54) is 56.9 Å². The van der Waals surface area contributed by atoms with Crippen LogP contribution in [0.3, 0.4) is 0 Å². The van der Waals surface area contributed by atoms with E-state index in [0.29, 0.717) is 13.0 Å². The van der Waals surface area contributed by atoms with Crippen LogP contribution in [0, 0.1) is 0 Å².